The average molecular weight is 249 g/mol. The first kappa shape index (κ1) is 14.7. The normalized spacial score (nSPS) is 12.5. The van der Waals surface area contributed by atoms with E-state index in [0.717, 1.165) is 12.2 Å². The van der Waals surface area contributed by atoms with E-state index in [-0.39, 0.29) is 11.8 Å². The second-order valence-electron chi connectivity index (χ2n) is 4.89. The maximum atomic E-state index is 11.9. The van der Waals surface area contributed by atoms with Gasteiger partial charge in [-0.25, -0.2) is 0 Å². The minimum atomic E-state index is -0.0347. The van der Waals surface area contributed by atoms with Crippen LogP contribution in [-0.2, 0) is 11.3 Å². The van der Waals surface area contributed by atoms with Crippen molar-refractivity contribution < 1.29 is 4.79 Å². The lowest BCUT2D eigenvalue weighted by molar-refractivity contribution is -0.119. The summed E-state index contributed by atoms with van der Waals surface area (Å²) in [6.45, 7) is 3.47. The van der Waals surface area contributed by atoms with Crippen molar-refractivity contribution in [1.29, 1.82) is 0 Å². The standard InChI is InChI=1S/C14H23N3O/c1-11(9-15-2)14(18)16-13-7-5-6-12(8-13)10-17(3)4/h5-8,11,15H,9-10H2,1-4H3,(H,16,18). The van der Waals surface area contributed by atoms with Gasteiger partial charge in [-0.1, -0.05) is 19.1 Å². The molecular weight excluding hydrogens is 226 g/mol. The van der Waals surface area contributed by atoms with E-state index in [1.807, 2.05) is 46.3 Å². The van der Waals surface area contributed by atoms with Gasteiger partial charge in [-0.15, -0.1) is 0 Å². The number of nitrogens with zero attached hydrogens (tertiary/aromatic N) is 1. The highest BCUT2D eigenvalue weighted by Crippen LogP contribution is 2.12. The van der Waals surface area contributed by atoms with Crippen molar-refractivity contribution >= 4 is 11.6 Å². The van der Waals surface area contributed by atoms with Crippen LogP contribution in [0, 0.1) is 5.92 Å². The molecule has 1 atom stereocenters. The van der Waals surface area contributed by atoms with Crippen LogP contribution in [0.4, 0.5) is 5.69 Å². The predicted octanol–water partition coefficient (Wildman–Crippen LogP) is 1.54. The first-order valence-electron chi connectivity index (χ1n) is 6.22. The number of amides is 1. The fourth-order valence-electron chi connectivity index (χ4n) is 1.78. The van der Waals surface area contributed by atoms with Crippen molar-refractivity contribution in [2.24, 2.45) is 5.92 Å². The first-order chi connectivity index (χ1) is 8.52. The molecule has 0 aliphatic heterocycles. The molecule has 4 nitrogen and oxygen atoms in total. The monoisotopic (exact) mass is 249 g/mol. The van der Waals surface area contributed by atoms with Crippen molar-refractivity contribution in [2.45, 2.75) is 13.5 Å². The molecule has 100 valence electrons. The summed E-state index contributed by atoms with van der Waals surface area (Å²) in [5, 5.41) is 5.95. The van der Waals surface area contributed by atoms with Crippen LogP contribution < -0.4 is 10.6 Å². The molecule has 4 heteroatoms. The Bertz CT molecular complexity index is 390. The highest BCUT2D eigenvalue weighted by molar-refractivity contribution is 5.92. The molecule has 0 bridgehead atoms. The van der Waals surface area contributed by atoms with Gasteiger partial charge in [0.2, 0.25) is 5.91 Å². The van der Waals surface area contributed by atoms with Crippen LogP contribution in [0.15, 0.2) is 24.3 Å². The molecule has 0 aliphatic carbocycles. The number of hydrogen-bond acceptors (Lipinski definition) is 3. The molecule has 1 aromatic carbocycles. The molecule has 0 radical (unpaired) electrons. The van der Waals surface area contributed by atoms with Gasteiger partial charge in [-0.2, -0.15) is 0 Å². The van der Waals surface area contributed by atoms with E-state index < -0.39 is 0 Å². The second-order valence-corrected chi connectivity index (χ2v) is 4.89. The van der Waals surface area contributed by atoms with Crippen LogP contribution in [0.1, 0.15) is 12.5 Å². The van der Waals surface area contributed by atoms with E-state index in [2.05, 4.69) is 21.6 Å². The molecular formula is C14H23N3O. The van der Waals surface area contributed by atoms with Gasteiger partial charge in [0, 0.05) is 24.7 Å². The molecule has 0 saturated heterocycles. The highest BCUT2D eigenvalue weighted by Gasteiger charge is 2.11. The highest BCUT2D eigenvalue weighted by atomic mass is 16.1. The average Bonchev–Trinajstić information content (AvgIpc) is 2.28. The predicted molar refractivity (Wildman–Crippen MR) is 75.6 cm³/mol. The van der Waals surface area contributed by atoms with E-state index in [1.54, 1.807) is 0 Å². The first-order valence-corrected chi connectivity index (χ1v) is 6.22. The molecule has 2 N–H and O–H groups in total. The lowest BCUT2D eigenvalue weighted by Crippen LogP contribution is -2.28. The van der Waals surface area contributed by atoms with Gasteiger partial charge in [0.15, 0.2) is 0 Å². The van der Waals surface area contributed by atoms with Crippen molar-refractivity contribution in [2.75, 3.05) is 33.0 Å². The van der Waals surface area contributed by atoms with Gasteiger partial charge in [0.1, 0.15) is 0 Å². The smallest absolute Gasteiger partial charge is 0.228 e. The molecule has 0 saturated carbocycles. The summed E-state index contributed by atoms with van der Waals surface area (Å²) in [5.41, 5.74) is 2.06. The third-order valence-corrected chi connectivity index (χ3v) is 2.65. The topological polar surface area (TPSA) is 44.4 Å². The van der Waals surface area contributed by atoms with E-state index in [9.17, 15) is 4.79 Å². The zero-order valence-corrected chi connectivity index (χ0v) is 11.7. The zero-order chi connectivity index (χ0) is 13.5. The summed E-state index contributed by atoms with van der Waals surface area (Å²) in [6.07, 6.45) is 0. The van der Waals surface area contributed by atoms with E-state index in [0.29, 0.717) is 6.54 Å². The number of carbonyl (C=O) groups excluding carboxylic acids is 1. The molecule has 1 aromatic rings. The largest absolute Gasteiger partial charge is 0.326 e. The van der Waals surface area contributed by atoms with Gasteiger partial charge in [-0.3, -0.25) is 4.79 Å². The Morgan fingerprint density at radius 1 is 1.39 bits per heavy atom. The van der Waals surface area contributed by atoms with Gasteiger partial charge < -0.3 is 15.5 Å². The molecule has 1 unspecified atom stereocenters. The number of nitrogens with one attached hydrogen (secondary N) is 2. The fraction of sp³-hybridized carbons (Fsp3) is 0.500. The Morgan fingerprint density at radius 3 is 2.72 bits per heavy atom. The summed E-state index contributed by atoms with van der Waals surface area (Å²) >= 11 is 0. The van der Waals surface area contributed by atoms with Gasteiger partial charge in [0.05, 0.1) is 0 Å². The molecule has 0 aliphatic rings. The number of benzene rings is 1. The second kappa shape index (κ2) is 7.13. The van der Waals surface area contributed by atoms with Crippen LogP contribution in [0.25, 0.3) is 0 Å². The number of rotatable bonds is 6. The minimum absolute atomic E-state index is 0.0347. The van der Waals surface area contributed by atoms with Crippen molar-refractivity contribution in [3.05, 3.63) is 29.8 Å². The quantitative estimate of drug-likeness (QED) is 0.804. The van der Waals surface area contributed by atoms with Crippen LogP contribution in [-0.4, -0.2) is 38.5 Å². The summed E-state index contributed by atoms with van der Waals surface area (Å²) in [7, 11) is 5.90. The molecule has 1 rings (SSSR count). The number of hydrogen-bond donors (Lipinski definition) is 2. The lowest BCUT2D eigenvalue weighted by Gasteiger charge is -2.14. The molecule has 18 heavy (non-hydrogen) atoms. The third-order valence-electron chi connectivity index (χ3n) is 2.65. The SMILES string of the molecule is CNCC(C)C(=O)Nc1cccc(CN(C)C)c1. The molecule has 0 fully saturated rings. The summed E-state index contributed by atoms with van der Waals surface area (Å²) in [5.74, 6) is 0.0128. The molecule has 0 heterocycles. The molecule has 0 aromatic heterocycles. The van der Waals surface area contributed by atoms with Crippen molar-refractivity contribution in [3.63, 3.8) is 0 Å². The third kappa shape index (κ3) is 4.85. The van der Waals surface area contributed by atoms with Crippen LogP contribution >= 0.6 is 0 Å². The van der Waals surface area contributed by atoms with Gasteiger partial charge in [0.25, 0.3) is 0 Å². The summed E-state index contributed by atoms with van der Waals surface area (Å²) in [6, 6.07) is 7.97. The molecule has 1 amide bonds. The Kier molecular flexibility index (Phi) is 5.82. The van der Waals surface area contributed by atoms with Crippen LogP contribution in [0.3, 0.4) is 0 Å². The number of carbonyl (C=O) groups is 1. The minimum Gasteiger partial charge on any atom is -0.326 e. The maximum absolute atomic E-state index is 11.9. The Balaban J connectivity index is 2.64. The molecule has 0 spiro atoms. The zero-order valence-electron chi connectivity index (χ0n) is 11.7. The maximum Gasteiger partial charge on any atom is 0.228 e. The van der Waals surface area contributed by atoms with Crippen molar-refractivity contribution in [1.82, 2.24) is 10.2 Å². The van der Waals surface area contributed by atoms with Crippen LogP contribution in [0.5, 0.6) is 0 Å². The van der Waals surface area contributed by atoms with E-state index >= 15 is 0 Å². The van der Waals surface area contributed by atoms with E-state index in [1.165, 1.54) is 5.56 Å². The van der Waals surface area contributed by atoms with Gasteiger partial charge in [-0.05, 0) is 38.8 Å². The van der Waals surface area contributed by atoms with Crippen LogP contribution in [0.2, 0.25) is 0 Å². The fourth-order valence-corrected chi connectivity index (χ4v) is 1.78. The lowest BCUT2D eigenvalue weighted by atomic mass is 10.1. The summed E-state index contributed by atoms with van der Waals surface area (Å²) in [4.78, 5) is 14.0. The summed E-state index contributed by atoms with van der Waals surface area (Å²) < 4.78 is 0. The van der Waals surface area contributed by atoms with Crippen molar-refractivity contribution in [3.8, 4) is 0 Å². The number of anilines is 1. The Labute approximate surface area is 109 Å². The van der Waals surface area contributed by atoms with Gasteiger partial charge >= 0.3 is 0 Å². The Morgan fingerprint density at radius 2 is 2.11 bits per heavy atom. The van der Waals surface area contributed by atoms with E-state index in [4.69, 9.17) is 0 Å². The Hall–Kier alpha value is -1.39.